The first-order valence-corrected chi connectivity index (χ1v) is 8.47. The first-order valence-electron chi connectivity index (χ1n) is 8.47. The van der Waals surface area contributed by atoms with E-state index in [2.05, 4.69) is 56.4 Å². The van der Waals surface area contributed by atoms with Crippen molar-refractivity contribution in [1.29, 1.82) is 0 Å². The molecule has 0 atom stereocenters. The molecule has 0 aliphatic rings. The van der Waals surface area contributed by atoms with Crippen molar-refractivity contribution in [3.8, 4) is 0 Å². The second-order valence-corrected chi connectivity index (χ2v) is 6.39. The number of hydrogen-bond donors (Lipinski definition) is 1. The number of rotatable bonds is 11. The van der Waals surface area contributed by atoms with Crippen LogP contribution in [0.15, 0.2) is 30.3 Å². The van der Waals surface area contributed by atoms with Gasteiger partial charge in [0.25, 0.3) is 0 Å². The molecule has 1 heteroatoms. The largest absolute Gasteiger partial charge is 0.308 e. The monoisotopic (exact) mass is 275 g/mol. The third-order valence-electron chi connectivity index (χ3n) is 4.09. The van der Waals surface area contributed by atoms with Gasteiger partial charge in [-0.2, -0.15) is 0 Å². The summed E-state index contributed by atoms with van der Waals surface area (Å²) in [5.74, 6) is 0. The molecule has 114 valence electrons. The molecule has 0 spiro atoms. The van der Waals surface area contributed by atoms with E-state index >= 15 is 0 Å². The van der Waals surface area contributed by atoms with Crippen LogP contribution in [0.3, 0.4) is 0 Å². The van der Waals surface area contributed by atoms with Crippen molar-refractivity contribution < 1.29 is 0 Å². The van der Waals surface area contributed by atoms with Gasteiger partial charge in [0.15, 0.2) is 0 Å². The molecule has 0 bridgehead atoms. The van der Waals surface area contributed by atoms with Gasteiger partial charge >= 0.3 is 0 Å². The lowest BCUT2D eigenvalue weighted by Crippen LogP contribution is -2.37. The van der Waals surface area contributed by atoms with E-state index in [9.17, 15) is 0 Å². The van der Waals surface area contributed by atoms with Gasteiger partial charge in [-0.3, -0.25) is 0 Å². The minimum Gasteiger partial charge on any atom is -0.308 e. The molecule has 0 saturated carbocycles. The van der Waals surface area contributed by atoms with Crippen LogP contribution in [0.2, 0.25) is 0 Å². The Morgan fingerprint density at radius 3 is 1.95 bits per heavy atom. The van der Waals surface area contributed by atoms with Gasteiger partial charge in [-0.1, -0.05) is 82.2 Å². The van der Waals surface area contributed by atoms with Crippen molar-refractivity contribution in [2.75, 3.05) is 6.54 Å². The minimum absolute atomic E-state index is 0.0857. The van der Waals surface area contributed by atoms with Gasteiger partial charge in [-0.25, -0.2) is 0 Å². The molecule has 0 fully saturated rings. The Labute approximate surface area is 126 Å². The first kappa shape index (κ1) is 17.2. The van der Waals surface area contributed by atoms with Crippen LogP contribution >= 0.6 is 0 Å². The summed E-state index contributed by atoms with van der Waals surface area (Å²) in [6.45, 7) is 7.94. The summed E-state index contributed by atoms with van der Waals surface area (Å²) in [7, 11) is 0. The van der Waals surface area contributed by atoms with Gasteiger partial charge in [0.1, 0.15) is 0 Å². The highest BCUT2D eigenvalue weighted by Crippen LogP contribution is 2.19. The lowest BCUT2D eigenvalue weighted by molar-refractivity contribution is 0.394. The zero-order valence-electron chi connectivity index (χ0n) is 13.8. The Kier molecular flexibility index (Phi) is 8.60. The molecule has 0 heterocycles. The zero-order valence-corrected chi connectivity index (χ0v) is 13.8. The molecule has 1 aromatic rings. The third kappa shape index (κ3) is 7.09. The maximum atomic E-state index is 3.69. The summed E-state index contributed by atoms with van der Waals surface area (Å²) < 4.78 is 0. The Morgan fingerprint density at radius 2 is 1.35 bits per heavy atom. The molecule has 1 rings (SSSR count). The van der Waals surface area contributed by atoms with Gasteiger partial charge in [0, 0.05) is 5.54 Å². The molecular formula is C19H33N. The summed E-state index contributed by atoms with van der Waals surface area (Å²) in [6.07, 6.45) is 11.1. The van der Waals surface area contributed by atoms with E-state index in [1.54, 1.807) is 0 Å². The summed E-state index contributed by atoms with van der Waals surface area (Å²) in [4.78, 5) is 0. The molecule has 20 heavy (non-hydrogen) atoms. The van der Waals surface area contributed by atoms with Crippen LogP contribution in [-0.4, -0.2) is 6.54 Å². The highest BCUT2D eigenvalue weighted by Gasteiger charge is 2.18. The topological polar surface area (TPSA) is 12.0 Å². The summed E-state index contributed by atoms with van der Waals surface area (Å²) >= 11 is 0. The van der Waals surface area contributed by atoms with E-state index in [-0.39, 0.29) is 5.54 Å². The molecule has 0 aliphatic carbocycles. The second-order valence-electron chi connectivity index (χ2n) is 6.39. The van der Waals surface area contributed by atoms with Gasteiger partial charge in [-0.05, 0) is 32.4 Å². The quantitative estimate of drug-likeness (QED) is 0.514. The molecular weight excluding hydrogens is 242 g/mol. The molecule has 1 aromatic carbocycles. The normalized spacial score (nSPS) is 11.8. The smallest absolute Gasteiger partial charge is 0.0377 e. The third-order valence-corrected chi connectivity index (χ3v) is 4.09. The highest BCUT2D eigenvalue weighted by atomic mass is 14.9. The van der Waals surface area contributed by atoms with Crippen LogP contribution in [0.1, 0.15) is 77.7 Å². The number of hydrogen-bond acceptors (Lipinski definition) is 1. The van der Waals surface area contributed by atoms with Crippen molar-refractivity contribution in [2.24, 2.45) is 0 Å². The van der Waals surface area contributed by atoms with E-state index in [1.807, 2.05) is 0 Å². The van der Waals surface area contributed by atoms with Crippen LogP contribution in [0.4, 0.5) is 0 Å². The first-order chi connectivity index (χ1) is 9.67. The summed E-state index contributed by atoms with van der Waals surface area (Å²) in [6, 6.07) is 10.7. The molecule has 0 saturated heterocycles. The lowest BCUT2D eigenvalue weighted by atomic mass is 9.94. The predicted octanol–water partition coefficient (Wildman–Crippen LogP) is 5.65. The standard InChI is InChI=1S/C19H33N/c1-4-5-6-7-8-9-10-14-17-20-19(2,3)18-15-12-11-13-16-18/h11-13,15-16,20H,4-10,14,17H2,1-3H3. The average Bonchev–Trinajstić information content (AvgIpc) is 2.46. The maximum Gasteiger partial charge on any atom is 0.0377 e. The molecule has 0 radical (unpaired) electrons. The number of benzene rings is 1. The molecule has 0 amide bonds. The summed E-state index contributed by atoms with van der Waals surface area (Å²) in [5.41, 5.74) is 1.46. The Morgan fingerprint density at radius 1 is 0.800 bits per heavy atom. The lowest BCUT2D eigenvalue weighted by Gasteiger charge is -2.27. The van der Waals surface area contributed by atoms with Crippen molar-refractivity contribution >= 4 is 0 Å². The fraction of sp³-hybridized carbons (Fsp3) is 0.684. The van der Waals surface area contributed by atoms with Crippen molar-refractivity contribution in [2.45, 2.75) is 77.7 Å². The zero-order chi connectivity index (χ0) is 14.7. The Balaban J connectivity index is 2.06. The van der Waals surface area contributed by atoms with E-state index in [1.165, 1.54) is 56.9 Å². The van der Waals surface area contributed by atoms with Gasteiger partial charge in [0.05, 0.1) is 0 Å². The minimum atomic E-state index is 0.0857. The predicted molar refractivity (Wildman–Crippen MR) is 90.1 cm³/mol. The van der Waals surface area contributed by atoms with Gasteiger partial charge in [0.2, 0.25) is 0 Å². The van der Waals surface area contributed by atoms with Crippen LogP contribution in [0.5, 0.6) is 0 Å². The average molecular weight is 275 g/mol. The number of nitrogens with one attached hydrogen (secondary N) is 1. The van der Waals surface area contributed by atoms with Gasteiger partial charge in [-0.15, -0.1) is 0 Å². The van der Waals surface area contributed by atoms with Gasteiger partial charge < -0.3 is 5.32 Å². The molecule has 1 N–H and O–H groups in total. The molecule has 1 nitrogen and oxygen atoms in total. The van der Waals surface area contributed by atoms with E-state index in [4.69, 9.17) is 0 Å². The van der Waals surface area contributed by atoms with Crippen LogP contribution < -0.4 is 5.32 Å². The Hall–Kier alpha value is -0.820. The van der Waals surface area contributed by atoms with Crippen molar-refractivity contribution in [3.63, 3.8) is 0 Å². The fourth-order valence-corrected chi connectivity index (χ4v) is 2.62. The van der Waals surface area contributed by atoms with Crippen LogP contribution in [0.25, 0.3) is 0 Å². The van der Waals surface area contributed by atoms with E-state index in [0.29, 0.717) is 0 Å². The van der Waals surface area contributed by atoms with E-state index in [0.717, 1.165) is 6.54 Å². The van der Waals surface area contributed by atoms with E-state index < -0.39 is 0 Å². The maximum absolute atomic E-state index is 3.69. The summed E-state index contributed by atoms with van der Waals surface area (Å²) in [5, 5.41) is 3.69. The highest BCUT2D eigenvalue weighted by molar-refractivity contribution is 5.22. The number of unbranched alkanes of at least 4 members (excludes halogenated alkanes) is 7. The van der Waals surface area contributed by atoms with Crippen molar-refractivity contribution in [1.82, 2.24) is 5.32 Å². The van der Waals surface area contributed by atoms with Crippen LogP contribution in [0, 0.1) is 0 Å². The Bertz CT molecular complexity index is 329. The molecule has 0 unspecified atom stereocenters. The molecule has 0 aromatic heterocycles. The fourth-order valence-electron chi connectivity index (χ4n) is 2.62. The van der Waals surface area contributed by atoms with Crippen molar-refractivity contribution in [3.05, 3.63) is 35.9 Å². The second kappa shape index (κ2) is 9.99. The SMILES string of the molecule is CCCCCCCCCCNC(C)(C)c1ccccc1. The molecule has 0 aliphatic heterocycles. The van der Waals surface area contributed by atoms with Crippen LogP contribution in [-0.2, 0) is 5.54 Å².